The minimum Gasteiger partial charge on any atom is -0.310 e. The van der Waals surface area contributed by atoms with Crippen LogP contribution in [0.1, 0.15) is 23.3 Å². The normalized spacial score (nSPS) is 15.1. The van der Waals surface area contributed by atoms with Crippen LogP contribution >= 0.6 is 11.3 Å². The summed E-state index contributed by atoms with van der Waals surface area (Å²) >= 11 is 1.82. The van der Waals surface area contributed by atoms with Crippen molar-refractivity contribution in [3.05, 3.63) is 46.2 Å². The van der Waals surface area contributed by atoms with Gasteiger partial charge < -0.3 is 5.32 Å². The molecule has 1 nitrogen and oxygen atoms in total. The molecule has 1 aromatic carbocycles. The van der Waals surface area contributed by atoms with Gasteiger partial charge in [0.15, 0.2) is 0 Å². The van der Waals surface area contributed by atoms with Crippen LogP contribution in [-0.4, -0.2) is 6.04 Å². The molecule has 1 aliphatic rings. The number of rotatable bonds is 4. The summed E-state index contributed by atoms with van der Waals surface area (Å²) in [5.41, 5.74) is 4.20. The molecule has 0 aliphatic heterocycles. The molecule has 0 spiro atoms. The number of hydrogen-bond acceptors (Lipinski definition) is 2. The van der Waals surface area contributed by atoms with E-state index in [2.05, 4.69) is 48.0 Å². The van der Waals surface area contributed by atoms with E-state index in [9.17, 15) is 0 Å². The summed E-state index contributed by atoms with van der Waals surface area (Å²) in [6.07, 6.45) is 2.69. The second-order valence-electron chi connectivity index (χ2n) is 4.70. The van der Waals surface area contributed by atoms with Crippen molar-refractivity contribution in [1.29, 1.82) is 0 Å². The molecular weight excluding hydrogens is 226 g/mol. The van der Waals surface area contributed by atoms with E-state index in [4.69, 9.17) is 0 Å². The smallest absolute Gasteiger partial charge is 0.0214 e. The Balaban J connectivity index is 1.89. The molecule has 1 fully saturated rings. The first-order chi connectivity index (χ1) is 8.34. The van der Waals surface area contributed by atoms with E-state index >= 15 is 0 Å². The van der Waals surface area contributed by atoms with Gasteiger partial charge in [0.1, 0.15) is 0 Å². The summed E-state index contributed by atoms with van der Waals surface area (Å²) in [6.45, 7) is 3.20. The monoisotopic (exact) mass is 243 g/mol. The summed E-state index contributed by atoms with van der Waals surface area (Å²) in [6, 6.07) is 11.7. The standard InChI is InChI=1S/C15H17NS/c1-11-14(8-9-17-11)15-5-3-2-4-12(15)10-16-13-6-7-13/h2-5,8-9,13,16H,6-7,10H2,1H3. The molecule has 1 N–H and O–H groups in total. The third-order valence-corrected chi connectivity index (χ3v) is 4.17. The van der Waals surface area contributed by atoms with Gasteiger partial charge in [0.25, 0.3) is 0 Å². The van der Waals surface area contributed by atoms with Crippen molar-refractivity contribution in [3.63, 3.8) is 0 Å². The Hall–Kier alpha value is -1.12. The molecule has 0 amide bonds. The molecule has 17 heavy (non-hydrogen) atoms. The molecule has 1 saturated carbocycles. The summed E-state index contributed by atoms with van der Waals surface area (Å²) in [5.74, 6) is 0. The van der Waals surface area contributed by atoms with Crippen molar-refractivity contribution in [1.82, 2.24) is 5.32 Å². The van der Waals surface area contributed by atoms with Gasteiger partial charge in [0.05, 0.1) is 0 Å². The Labute approximate surface area is 106 Å². The van der Waals surface area contributed by atoms with Crippen LogP contribution in [0.2, 0.25) is 0 Å². The zero-order valence-corrected chi connectivity index (χ0v) is 10.9. The van der Waals surface area contributed by atoms with Gasteiger partial charge >= 0.3 is 0 Å². The predicted octanol–water partition coefficient (Wildman–Crippen LogP) is 3.98. The molecule has 3 rings (SSSR count). The summed E-state index contributed by atoms with van der Waals surface area (Å²) in [7, 11) is 0. The van der Waals surface area contributed by atoms with Crippen LogP contribution in [0.15, 0.2) is 35.7 Å². The molecule has 1 aliphatic carbocycles. The van der Waals surface area contributed by atoms with Crippen molar-refractivity contribution in [2.75, 3.05) is 0 Å². The van der Waals surface area contributed by atoms with Crippen molar-refractivity contribution >= 4 is 11.3 Å². The van der Waals surface area contributed by atoms with Gasteiger partial charge in [-0.15, -0.1) is 11.3 Å². The number of benzene rings is 1. The molecular formula is C15H17NS. The van der Waals surface area contributed by atoms with E-state index < -0.39 is 0 Å². The highest BCUT2D eigenvalue weighted by Gasteiger charge is 2.20. The van der Waals surface area contributed by atoms with E-state index in [1.165, 1.54) is 34.4 Å². The van der Waals surface area contributed by atoms with Crippen molar-refractivity contribution in [2.45, 2.75) is 32.4 Å². The largest absolute Gasteiger partial charge is 0.310 e. The summed E-state index contributed by atoms with van der Waals surface area (Å²) in [4.78, 5) is 1.41. The Morgan fingerprint density at radius 3 is 2.71 bits per heavy atom. The number of nitrogens with one attached hydrogen (secondary N) is 1. The van der Waals surface area contributed by atoms with Crippen molar-refractivity contribution in [2.24, 2.45) is 0 Å². The highest BCUT2D eigenvalue weighted by Crippen LogP contribution is 2.30. The maximum absolute atomic E-state index is 3.60. The maximum atomic E-state index is 3.60. The number of hydrogen-bond donors (Lipinski definition) is 1. The van der Waals surface area contributed by atoms with Gasteiger partial charge in [0, 0.05) is 17.5 Å². The molecule has 2 heteroatoms. The average Bonchev–Trinajstić information content (AvgIpc) is 3.09. The first-order valence-electron chi connectivity index (χ1n) is 6.20. The van der Waals surface area contributed by atoms with E-state index in [1.807, 2.05) is 11.3 Å². The SMILES string of the molecule is Cc1sccc1-c1ccccc1CNC1CC1. The van der Waals surface area contributed by atoms with E-state index in [0.29, 0.717) is 0 Å². The van der Waals surface area contributed by atoms with Gasteiger partial charge in [-0.3, -0.25) is 0 Å². The first kappa shape index (κ1) is 11.0. The zero-order chi connectivity index (χ0) is 11.7. The van der Waals surface area contributed by atoms with Crippen LogP contribution in [0.5, 0.6) is 0 Å². The number of aryl methyl sites for hydroxylation is 1. The summed E-state index contributed by atoms with van der Waals surface area (Å²) in [5, 5.41) is 5.77. The number of thiophene rings is 1. The molecule has 0 bridgehead atoms. The first-order valence-corrected chi connectivity index (χ1v) is 7.08. The Bertz CT molecular complexity index is 511. The van der Waals surface area contributed by atoms with Crippen LogP contribution < -0.4 is 5.32 Å². The third-order valence-electron chi connectivity index (χ3n) is 3.32. The second kappa shape index (κ2) is 4.63. The molecule has 0 radical (unpaired) electrons. The Morgan fingerprint density at radius 1 is 1.18 bits per heavy atom. The van der Waals surface area contributed by atoms with E-state index in [-0.39, 0.29) is 0 Å². The fraction of sp³-hybridized carbons (Fsp3) is 0.333. The van der Waals surface area contributed by atoms with Gasteiger partial charge in [-0.25, -0.2) is 0 Å². The van der Waals surface area contributed by atoms with Crippen molar-refractivity contribution < 1.29 is 0 Å². The highest BCUT2D eigenvalue weighted by molar-refractivity contribution is 7.10. The quantitative estimate of drug-likeness (QED) is 0.856. The lowest BCUT2D eigenvalue weighted by molar-refractivity contribution is 0.689. The van der Waals surface area contributed by atoms with Gasteiger partial charge in [-0.1, -0.05) is 24.3 Å². The molecule has 0 atom stereocenters. The third kappa shape index (κ3) is 2.43. The molecule has 0 saturated heterocycles. The summed E-state index contributed by atoms with van der Waals surface area (Å²) < 4.78 is 0. The Kier molecular flexibility index (Phi) is 3.00. The molecule has 88 valence electrons. The van der Waals surface area contributed by atoms with Gasteiger partial charge in [0.2, 0.25) is 0 Å². The molecule has 1 aromatic heterocycles. The minimum atomic E-state index is 0.770. The fourth-order valence-electron chi connectivity index (χ4n) is 2.14. The molecule has 0 unspecified atom stereocenters. The second-order valence-corrected chi connectivity index (χ2v) is 5.82. The fourth-order valence-corrected chi connectivity index (χ4v) is 2.86. The van der Waals surface area contributed by atoms with Gasteiger partial charge in [-0.2, -0.15) is 0 Å². The highest BCUT2D eigenvalue weighted by atomic mass is 32.1. The Morgan fingerprint density at radius 2 is 2.00 bits per heavy atom. The van der Waals surface area contributed by atoms with E-state index in [0.717, 1.165) is 12.6 Å². The lowest BCUT2D eigenvalue weighted by Crippen LogP contribution is -2.15. The molecule has 2 aromatic rings. The van der Waals surface area contributed by atoms with Crippen LogP contribution in [0.4, 0.5) is 0 Å². The van der Waals surface area contributed by atoms with Crippen LogP contribution in [-0.2, 0) is 6.54 Å². The zero-order valence-electron chi connectivity index (χ0n) is 10.1. The minimum absolute atomic E-state index is 0.770. The average molecular weight is 243 g/mol. The topological polar surface area (TPSA) is 12.0 Å². The lowest BCUT2D eigenvalue weighted by Gasteiger charge is -2.10. The van der Waals surface area contributed by atoms with Crippen molar-refractivity contribution in [3.8, 4) is 11.1 Å². The van der Waals surface area contributed by atoms with Crippen LogP contribution in [0.3, 0.4) is 0 Å². The lowest BCUT2D eigenvalue weighted by atomic mass is 10.0. The molecule has 1 heterocycles. The predicted molar refractivity (Wildman–Crippen MR) is 74.4 cm³/mol. The van der Waals surface area contributed by atoms with E-state index in [1.54, 1.807) is 0 Å². The van der Waals surface area contributed by atoms with Crippen LogP contribution in [0.25, 0.3) is 11.1 Å². The maximum Gasteiger partial charge on any atom is 0.0214 e. The van der Waals surface area contributed by atoms with Gasteiger partial charge in [-0.05, 0) is 47.9 Å². The van der Waals surface area contributed by atoms with Crippen LogP contribution in [0, 0.1) is 6.92 Å².